The molecule has 2 saturated heterocycles. The number of rotatable bonds is 4. The standard InChI is InChI=1S/C20H34N4/c1-5-11-23(12-6-1)15-19-20(16-24-13-7-2-8-14-24)22-18-10-4-3-9-17(18)21-19/h1,5-6,11,17-22H,2-4,7-10,12-16H2. The van der Waals surface area contributed by atoms with Gasteiger partial charge in [0.25, 0.3) is 0 Å². The average molecular weight is 331 g/mol. The molecule has 0 spiro atoms. The van der Waals surface area contributed by atoms with Gasteiger partial charge in [-0.2, -0.15) is 0 Å². The largest absolute Gasteiger partial charge is 0.372 e. The average Bonchev–Trinajstić information content (AvgIpc) is 2.64. The van der Waals surface area contributed by atoms with E-state index in [1.807, 2.05) is 0 Å². The van der Waals surface area contributed by atoms with E-state index in [1.165, 1.54) is 64.6 Å². The van der Waals surface area contributed by atoms with Crippen LogP contribution in [0.1, 0.15) is 44.9 Å². The summed E-state index contributed by atoms with van der Waals surface area (Å²) in [6.07, 6.45) is 18.5. The Kier molecular flexibility index (Phi) is 5.56. The molecule has 3 aliphatic heterocycles. The molecule has 4 heteroatoms. The Morgan fingerprint density at radius 3 is 2.17 bits per heavy atom. The lowest BCUT2D eigenvalue weighted by atomic mass is 9.85. The topological polar surface area (TPSA) is 30.5 Å². The minimum atomic E-state index is 0.558. The molecule has 0 aromatic heterocycles. The first-order chi connectivity index (χ1) is 11.9. The predicted molar refractivity (Wildman–Crippen MR) is 100 cm³/mol. The summed E-state index contributed by atoms with van der Waals surface area (Å²) in [5.41, 5.74) is 0. The fourth-order valence-electron chi connectivity index (χ4n) is 4.99. The number of piperazine rings is 1. The van der Waals surface area contributed by atoms with Gasteiger partial charge in [-0.25, -0.2) is 0 Å². The number of allylic oxidation sites excluding steroid dienone is 2. The van der Waals surface area contributed by atoms with Crippen molar-refractivity contribution in [3.63, 3.8) is 0 Å². The number of nitrogens with zero attached hydrogens (tertiary/aromatic N) is 2. The van der Waals surface area contributed by atoms with Crippen LogP contribution < -0.4 is 10.6 Å². The molecule has 4 atom stereocenters. The van der Waals surface area contributed by atoms with E-state index in [2.05, 4.69) is 44.9 Å². The summed E-state index contributed by atoms with van der Waals surface area (Å²) in [6.45, 7) is 5.99. The van der Waals surface area contributed by atoms with Crippen LogP contribution in [-0.2, 0) is 0 Å². The van der Waals surface area contributed by atoms with Crippen LogP contribution in [0.5, 0.6) is 0 Å². The summed E-state index contributed by atoms with van der Waals surface area (Å²) in [5.74, 6) is 0. The summed E-state index contributed by atoms with van der Waals surface area (Å²) in [5, 5.41) is 8.12. The second kappa shape index (κ2) is 8.03. The first-order valence-electron chi connectivity index (χ1n) is 10.2. The molecule has 4 nitrogen and oxygen atoms in total. The number of piperidine rings is 1. The van der Waals surface area contributed by atoms with Crippen molar-refractivity contribution in [3.05, 3.63) is 24.4 Å². The molecule has 4 aliphatic rings. The van der Waals surface area contributed by atoms with E-state index in [1.54, 1.807) is 0 Å². The van der Waals surface area contributed by atoms with Gasteiger partial charge in [0.15, 0.2) is 0 Å². The molecule has 4 unspecified atom stereocenters. The molecule has 1 aliphatic carbocycles. The van der Waals surface area contributed by atoms with Gasteiger partial charge >= 0.3 is 0 Å². The zero-order chi connectivity index (χ0) is 16.2. The summed E-state index contributed by atoms with van der Waals surface area (Å²) in [6, 6.07) is 2.52. The van der Waals surface area contributed by atoms with Crippen LogP contribution in [0.3, 0.4) is 0 Å². The van der Waals surface area contributed by atoms with E-state index >= 15 is 0 Å². The second-order valence-corrected chi connectivity index (χ2v) is 8.13. The van der Waals surface area contributed by atoms with Gasteiger partial charge in [0.05, 0.1) is 0 Å². The molecule has 3 fully saturated rings. The summed E-state index contributed by atoms with van der Waals surface area (Å²) < 4.78 is 0. The van der Waals surface area contributed by atoms with E-state index in [9.17, 15) is 0 Å². The van der Waals surface area contributed by atoms with E-state index in [0.717, 1.165) is 13.1 Å². The molecular formula is C20H34N4. The summed E-state index contributed by atoms with van der Waals surface area (Å²) in [7, 11) is 0. The van der Waals surface area contributed by atoms with Crippen LogP contribution in [0.15, 0.2) is 24.4 Å². The van der Waals surface area contributed by atoms with Gasteiger partial charge in [0.1, 0.15) is 0 Å². The van der Waals surface area contributed by atoms with Gasteiger partial charge < -0.3 is 20.4 Å². The molecule has 0 amide bonds. The number of hydrogen-bond acceptors (Lipinski definition) is 4. The maximum atomic E-state index is 4.07. The van der Waals surface area contributed by atoms with Crippen molar-refractivity contribution < 1.29 is 0 Å². The molecule has 0 aromatic rings. The highest BCUT2D eigenvalue weighted by Crippen LogP contribution is 2.24. The predicted octanol–water partition coefficient (Wildman–Crippen LogP) is 2.10. The Morgan fingerprint density at radius 2 is 1.50 bits per heavy atom. The molecule has 4 rings (SSSR count). The van der Waals surface area contributed by atoms with Gasteiger partial charge in [-0.15, -0.1) is 0 Å². The Hall–Kier alpha value is -0.840. The zero-order valence-electron chi connectivity index (χ0n) is 15.0. The van der Waals surface area contributed by atoms with E-state index in [-0.39, 0.29) is 0 Å². The van der Waals surface area contributed by atoms with Crippen molar-refractivity contribution in [3.8, 4) is 0 Å². The maximum Gasteiger partial charge on any atom is 0.0413 e. The molecule has 24 heavy (non-hydrogen) atoms. The van der Waals surface area contributed by atoms with Crippen molar-refractivity contribution >= 4 is 0 Å². The molecule has 134 valence electrons. The van der Waals surface area contributed by atoms with Crippen LogP contribution in [0, 0.1) is 0 Å². The van der Waals surface area contributed by atoms with Crippen molar-refractivity contribution in [2.75, 3.05) is 32.7 Å². The SMILES string of the molecule is C1=CCN(CC2NC3CCCCC3NC2CN2CCCCC2)C=C1. The molecule has 0 radical (unpaired) electrons. The first-order valence-corrected chi connectivity index (χ1v) is 10.2. The van der Waals surface area contributed by atoms with Crippen LogP contribution in [0.25, 0.3) is 0 Å². The van der Waals surface area contributed by atoms with Gasteiger partial charge in [-0.3, -0.25) is 0 Å². The van der Waals surface area contributed by atoms with Crippen molar-refractivity contribution in [2.45, 2.75) is 69.1 Å². The molecular weight excluding hydrogens is 296 g/mol. The smallest absolute Gasteiger partial charge is 0.0413 e. The second-order valence-electron chi connectivity index (χ2n) is 8.13. The highest BCUT2D eigenvalue weighted by molar-refractivity contribution is 5.10. The minimum absolute atomic E-state index is 0.558. The fraction of sp³-hybridized carbons (Fsp3) is 0.800. The Bertz CT molecular complexity index is 453. The quantitative estimate of drug-likeness (QED) is 0.826. The number of fused-ring (bicyclic) bond motifs is 1. The first kappa shape index (κ1) is 16.6. The molecule has 0 bridgehead atoms. The third kappa shape index (κ3) is 4.04. The van der Waals surface area contributed by atoms with Crippen molar-refractivity contribution in [1.82, 2.24) is 20.4 Å². The number of likely N-dealkylation sites (tertiary alicyclic amines) is 1. The highest BCUT2D eigenvalue weighted by Gasteiger charge is 2.38. The van der Waals surface area contributed by atoms with Crippen LogP contribution in [-0.4, -0.2) is 66.7 Å². The third-order valence-electron chi connectivity index (χ3n) is 6.33. The van der Waals surface area contributed by atoms with E-state index in [0.29, 0.717) is 24.2 Å². The van der Waals surface area contributed by atoms with Gasteiger partial charge in [0.2, 0.25) is 0 Å². The Balaban J connectivity index is 1.41. The zero-order valence-corrected chi connectivity index (χ0v) is 15.0. The molecule has 0 aromatic carbocycles. The lowest BCUT2D eigenvalue weighted by molar-refractivity contribution is 0.111. The third-order valence-corrected chi connectivity index (χ3v) is 6.33. The van der Waals surface area contributed by atoms with E-state index in [4.69, 9.17) is 0 Å². The summed E-state index contributed by atoms with van der Waals surface area (Å²) >= 11 is 0. The van der Waals surface area contributed by atoms with Crippen molar-refractivity contribution in [1.29, 1.82) is 0 Å². The Morgan fingerprint density at radius 1 is 0.792 bits per heavy atom. The summed E-state index contributed by atoms with van der Waals surface area (Å²) in [4.78, 5) is 5.16. The van der Waals surface area contributed by atoms with Crippen LogP contribution >= 0.6 is 0 Å². The van der Waals surface area contributed by atoms with Gasteiger partial charge in [0, 0.05) is 43.8 Å². The molecule has 3 heterocycles. The maximum absolute atomic E-state index is 4.07. The highest BCUT2D eigenvalue weighted by atomic mass is 15.2. The van der Waals surface area contributed by atoms with Crippen LogP contribution in [0.2, 0.25) is 0 Å². The monoisotopic (exact) mass is 330 g/mol. The lowest BCUT2D eigenvalue weighted by Gasteiger charge is -2.48. The minimum Gasteiger partial charge on any atom is -0.372 e. The molecule has 1 saturated carbocycles. The number of hydrogen-bond donors (Lipinski definition) is 2. The molecule has 2 N–H and O–H groups in total. The lowest BCUT2D eigenvalue weighted by Crippen LogP contribution is -2.70. The van der Waals surface area contributed by atoms with Gasteiger partial charge in [-0.1, -0.05) is 31.4 Å². The normalized spacial score (nSPS) is 37.4. The van der Waals surface area contributed by atoms with Crippen LogP contribution in [0.4, 0.5) is 0 Å². The van der Waals surface area contributed by atoms with Gasteiger partial charge in [-0.05, 0) is 51.0 Å². The Labute approximate surface area is 147 Å². The van der Waals surface area contributed by atoms with Crippen molar-refractivity contribution in [2.24, 2.45) is 0 Å². The van der Waals surface area contributed by atoms with E-state index < -0.39 is 0 Å². The number of nitrogens with one attached hydrogen (secondary N) is 2. The fourth-order valence-corrected chi connectivity index (χ4v) is 4.99.